The normalized spacial score (nSPS) is 20.2. The molecule has 0 amide bonds. The Morgan fingerprint density at radius 2 is 0.375 bits per heavy atom. The van der Waals surface area contributed by atoms with Crippen molar-refractivity contribution in [1.29, 1.82) is 0 Å². The van der Waals surface area contributed by atoms with Crippen LogP contribution in [0.1, 0.15) is 0 Å². The van der Waals surface area contributed by atoms with E-state index in [-0.39, 0.29) is 42.4 Å². The van der Waals surface area contributed by atoms with E-state index in [0.29, 0.717) is 0 Å². The molecule has 104 valence electrons. The Labute approximate surface area is 111 Å². The molecular weight excluding hydrogens is 437 g/mol. The summed E-state index contributed by atoms with van der Waals surface area (Å²) < 4.78 is 119. The third-order valence-corrected chi connectivity index (χ3v) is 0. The first-order chi connectivity index (χ1) is 4.90. The van der Waals surface area contributed by atoms with Gasteiger partial charge in [-0.05, 0) is 0 Å². The van der Waals surface area contributed by atoms with E-state index in [4.69, 9.17) is 0 Å². The van der Waals surface area contributed by atoms with Crippen molar-refractivity contribution in [2.75, 3.05) is 0 Å². The second-order valence-corrected chi connectivity index (χ2v) is 9.96. The van der Waals surface area contributed by atoms with Gasteiger partial charge in [-0.2, -0.15) is 0 Å². The van der Waals surface area contributed by atoms with Crippen molar-refractivity contribution < 1.29 is 46.3 Å². The molecule has 0 spiro atoms. The first-order valence-corrected chi connectivity index (χ1v) is 10.5. The number of hydrogen-bond donors (Lipinski definition) is 0. The molecule has 0 saturated heterocycles. The summed E-state index contributed by atoms with van der Waals surface area (Å²) in [5.41, 5.74) is 0. The molecule has 0 aromatic carbocycles. The average molecular weight is 438 g/mol. The summed E-state index contributed by atoms with van der Waals surface area (Å²) in [4.78, 5) is 0. The van der Waals surface area contributed by atoms with Crippen LogP contribution in [0.3, 0.4) is 0 Å². The molecule has 0 aromatic rings. The van der Waals surface area contributed by atoms with Gasteiger partial charge in [0.2, 0.25) is 0 Å². The van der Waals surface area contributed by atoms with Crippen molar-refractivity contribution in [2.45, 2.75) is 0 Å². The van der Waals surface area contributed by atoms with E-state index in [1.54, 1.807) is 0 Å². The molecule has 16 heavy (non-hydrogen) atoms. The van der Waals surface area contributed by atoms with Gasteiger partial charge >= 0.3 is 108 Å². The summed E-state index contributed by atoms with van der Waals surface area (Å²) in [5, 5.41) is 0. The van der Waals surface area contributed by atoms with Gasteiger partial charge < -0.3 is 0 Å². The molecule has 0 radical (unpaired) electrons. The Bertz CT molecular complexity index is 161. The van der Waals surface area contributed by atoms with Gasteiger partial charge in [-0.25, -0.2) is 0 Å². The topological polar surface area (TPSA) is 0 Å². The summed E-state index contributed by atoms with van der Waals surface area (Å²) in [6.45, 7) is 0. The van der Waals surface area contributed by atoms with Gasteiger partial charge in [0, 0.05) is 0 Å². The first-order valence-electron chi connectivity index (χ1n) is 2.03. The minimum absolute atomic E-state index is 0. The van der Waals surface area contributed by atoms with Gasteiger partial charge in [0.1, 0.15) is 0 Å². The number of halogens is 13. The minimum atomic E-state index is -11.1. The van der Waals surface area contributed by atoms with E-state index in [2.05, 4.69) is 0 Å². The smallest absolute Gasteiger partial charge is 2.00 e. The third kappa shape index (κ3) is 1500. The molecule has 0 saturated carbocycles. The van der Waals surface area contributed by atoms with Crippen LogP contribution in [0.4, 0.5) is 46.3 Å². The van der Waals surface area contributed by atoms with E-state index in [0.717, 1.165) is 0 Å². The molecule has 16 heteroatoms. The van der Waals surface area contributed by atoms with Crippen LogP contribution >= 0.6 is 0 Å². The summed E-state index contributed by atoms with van der Waals surface area (Å²) in [6, 6.07) is 0. The molecule has 0 fully saturated rings. The maximum absolute atomic E-state index is 11.1. The largest absolute Gasteiger partial charge is 2.00 e. The van der Waals surface area contributed by atoms with Crippen LogP contribution in [0.25, 0.3) is 0 Å². The second kappa shape index (κ2) is 3.98. The molecule has 0 aliphatic rings. The Kier molecular flexibility index (Phi) is 6.49. The molecule has 0 aliphatic heterocycles. The molecule has 0 unspecified atom stereocenters. The summed E-state index contributed by atoms with van der Waals surface area (Å²) in [5.74, 6) is 0. The van der Waals surface area contributed by atoms with Crippen LogP contribution in [-0.4, -0.2) is 66.1 Å². The van der Waals surface area contributed by atoms with E-state index in [1.807, 2.05) is 0 Å². The number of hydrogen-bond acceptors (Lipinski definition) is 0. The van der Waals surface area contributed by atoms with Crippen LogP contribution in [-0.2, 0) is 0 Å². The predicted molar refractivity (Wildman–Crippen MR) is 33.1 cm³/mol. The van der Waals surface area contributed by atoms with Crippen LogP contribution in [0.2, 0.25) is 0 Å². The second-order valence-electron chi connectivity index (χ2n) is 1.92. The van der Waals surface area contributed by atoms with Crippen LogP contribution < -0.4 is 0 Å². The van der Waals surface area contributed by atoms with E-state index >= 15 is 0 Å². The average Bonchev–Trinajstić information content (AvgIpc) is 0.938. The van der Waals surface area contributed by atoms with E-state index < -0.39 is 28.3 Å². The molecule has 0 nitrogen and oxygen atoms in total. The van der Waals surface area contributed by atoms with Crippen molar-refractivity contribution in [3.8, 4) is 0 Å². The zero-order valence-electron chi connectivity index (χ0n) is 6.55. The monoisotopic (exact) mass is 438 g/mol. The maximum Gasteiger partial charge on any atom is 2.00 e. The summed E-state index contributed by atoms with van der Waals surface area (Å²) in [7, 11) is 0. The quantitative estimate of drug-likeness (QED) is 0.396. The van der Waals surface area contributed by atoms with Gasteiger partial charge in [-0.1, -0.05) is 0 Å². The minimum Gasteiger partial charge on any atom is 2.00 e. The van der Waals surface area contributed by atoms with Crippen LogP contribution in [0.15, 0.2) is 0 Å². The Morgan fingerprint density at radius 1 is 0.375 bits per heavy atom. The fraction of sp³-hybridized carbons (Fsp3) is 0. The van der Waals surface area contributed by atoms with Gasteiger partial charge in [-0.3, -0.25) is 4.70 Å². The summed E-state index contributed by atoms with van der Waals surface area (Å²) >= 11 is -22.1. The predicted octanol–water partition coefficient (Wildman–Crippen LogP) is 4.05. The van der Waals surface area contributed by atoms with E-state index in [1.165, 1.54) is 0 Å². The molecule has 0 atom stereocenters. The maximum atomic E-state index is 9.91. The zero-order chi connectivity index (χ0) is 12.8. The van der Waals surface area contributed by atoms with E-state index in [9.17, 15) is 41.6 Å². The molecular formula is HAs2CaF13. The zero-order valence-corrected chi connectivity index (χ0v) is 12.5. The van der Waals surface area contributed by atoms with Crippen LogP contribution in [0, 0.1) is 0 Å². The van der Waals surface area contributed by atoms with Gasteiger partial charge in [0.05, 0.1) is 0 Å². The molecule has 0 heterocycles. The SMILES string of the molecule is F.F[As-](F)(F)(F)(F)F.F[As-](F)(F)(F)(F)F.[Ca+2]. The standard InChI is InChI=1S/2AsF6.Ca.FH/c2*2-1(3,4,5,6)7;;/h;;;1H/q2*-1;+2;. The molecule has 0 rings (SSSR count). The molecule has 0 aliphatic carbocycles. The van der Waals surface area contributed by atoms with Gasteiger partial charge in [-0.15, -0.1) is 0 Å². The Hall–Kier alpha value is 1.47. The molecule has 0 aromatic heterocycles. The fourth-order valence-corrected chi connectivity index (χ4v) is 0. The van der Waals surface area contributed by atoms with Crippen LogP contribution in [0.5, 0.6) is 0 Å². The van der Waals surface area contributed by atoms with Crippen molar-refractivity contribution in [3.63, 3.8) is 0 Å². The molecule has 0 N–H and O–H groups in total. The first kappa shape index (κ1) is 26.1. The van der Waals surface area contributed by atoms with Crippen molar-refractivity contribution >= 4 is 66.1 Å². The third-order valence-electron chi connectivity index (χ3n) is 0. The van der Waals surface area contributed by atoms with Gasteiger partial charge in [0.15, 0.2) is 0 Å². The van der Waals surface area contributed by atoms with Crippen molar-refractivity contribution in [2.24, 2.45) is 0 Å². The Morgan fingerprint density at radius 3 is 0.375 bits per heavy atom. The van der Waals surface area contributed by atoms with Gasteiger partial charge in [0.25, 0.3) is 0 Å². The summed E-state index contributed by atoms with van der Waals surface area (Å²) in [6.07, 6.45) is 0. The van der Waals surface area contributed by atoms with Crippen molar-refractivity contribution in [3.05, 3.63) is 0 Å². The molecule has 0 bridgehead atoms. The van der Waals surface area contributed by atoms with Crippen molar-refractivity contribution in [1.82, 2.24) is 0 Å². The number of rotatable bonds is 0. The Balaban J connectivity index is -0.0000000800. The fourth-order valence-electron chi connectivity index (χ4n) is 0.